The van der Waals surface area contributed by atoms with Crippen molar-refractivity contribution in [3.05, 3.63) is 94.8 Å². The summed E-state index contributed by atoms with van der Waals surface area (Å²) in [6, 6.07) is 20.3. The SMILES string of the molecule is CCOc1ccc(C(CC(=O)c2ccc(F)cc2)Nc2cccc(Cl)c2)cc1. The fourth-order valence-corrected chi connectivity index (χ4v) is 3.12. The normalized spacial score (nSPS) is 11.7. The minimum Gasteiger partial charge on any atom is -0.494 e. The predicted molar refractivity (Wildman–Crippen MR) is 111 cm³/mol. The first-order valence-electron chi connectivity index (χ1n) is 9.09. The van der Waals surface area contributed by atoms with Crippen molar-refractivity contribution in [2.45, 2.75) is 19.4 Å². The second-order valence-corrected chi connectivity index (χ2v) is 6.78. The summed E-state index contributed by atoms with van der Waals surface area (Å²) in [6.45, 7) is 2.52. The van der Waals surface area contributed by atoms with Crippen LogP contribution in [-0.2, 0) is 0 Å². The molecule has 3 nitrogen and oxygen atoms in total. The van der Waals surface area contributed by atoms with Gasteiger partial charge in [-0.1, -0.05) is 29.8 Å². The van der Waals surface area contributed by atoms with Gasteiger partial charge in [-0.3, -0.25) is 4.79 Å². The van der Waals surface area contributed by atoms with Crippen molar-refractivity contribution >= 4 is 23.1 Å². The smallest absolute Gasteiger partial charge is 0.165 e. The molecule has 0 aromatic heterocycles. The highest BCUT2D eigenvalue weighted by atomic mass is 35.5. The number of carbonyl (C=O) groups excluding carboxylic acids is 1. The molecule has 0 aliphatic carbocycles. The summed E-state index contributed by atoms with van der Waals surface area (Å²) in [5.74, 6) is 0.336. The van der Waals surface area contributed by atoms with E-state index in [1.165, 1.54) is 24.3 Å². The first-order valence-corrected chi connectivity index (χ1v) is 9.46. The van der Waals surface area contributed by atoms with Crippen molar-refractivity contribution in [1.82, 2.24) is 0 Å². The quantitative estimate of drug-likeness (QED) is 0.453. The molecule has 0 bridgehead atoms. The van der Waals surface area contributed by atoms with Crippen molar-refractivity contribution in [3.8, 4) is 5.75 Å². The molecule has 1 unspecified atom stereocenters. The van der Waals surface area contributed by atoms with E-state index in [9.17, 15) is 9.18 Å². The fraction of sp³-hybridized carbons (Fsp3) is 0.174. The van der Waals surface area contributed by atoms with Crippen LogP contribution in [0.25, 0.3) is 0 Å². The number of anilines is 1. The summed E-state index contributed by atoms with van der Waals surface area (Å²) in [7, 11) is 0. The third-order valence-electron chi connectivity index (χ3n) is 4.31. The maximum absolute atomic E-state index is 13.2. The van der Waals surface area contributed by atoms with Crippen LogP contribution >= 0.6 is 11.6 Å². The van der Waals surface area contributed by atoms with Crippen LogP contribution in [-0.4, -0.2) is 12.4 Å². The summed E-state index contributed by atoms with van der Waals surface area (Å²) in [5.41, 5.74) is 2.24. The van der Waals surface area contributed by atoms with Gasteiger partial charge in [0.2, 0.25) is 0 Å². The van der Waals surface area contributed by atoms with E-state index in [1.54, 1.807) is 6.07 Å². The van der Waals surface area contributed by atoms with E-state index in [1.807, 2.05) is 49.4 Å². The maximum Gasteiger partial charge on any atom is 0.165 e. The van der Waals surface area contributed by atoms with Gasteiger partial charge in [-0.2, -0.15) is 0 Å². The van der Waals surface area contributed by atoms with Crippen LogP contribution in [0.5, 0.6) is 5.75 Å². The summed E-state index contributed by atoms with van der Waals surface area (Å²) in [4.78, 5) is 12.8. The molecule has 3 aromatic carbocycles. The Bertz CT molecular complexity index is 926. The third-order valence-corrected chi connectivity index (χ3v) is 4.55. The lowest BCUT2D eigenvalue weighted by Crippen LogP contribution is -2.16. The van der Waals surface area contributed by atoms with E-state index in [0.29, 0.717) is 17.2 Å². The first kappa shape index (κ1) is 19.9. The number of ether oxygens (including phenoxy) is 1. The Labute approximate surface area is 169 Å². The average molecular weight is 398 g/mol. The van der Waals surface area contributed by atoms with Crippen molar-refractivity contribution < 1.29 is 13.9 Å². The molecule has 0 spiro atoms. The van der Waals surface area contributed by atoms with E-state index in [-0.39, 0.29) is 24.1 Å². The number of hydrogen-bond acceptors (Lipinski definition) is 3. The molecule has 0 saturated heterocycles. The number of Topliss-reactive ketones (excluding diaryl/α,β-unsaturated/α-hetero) is 1. The molecule has 0 radical (unpaired) electrons. The minimum absolute atomic E-state index is 0.0755. The van der Waals surface area contributed by atoms with Crippen LogP contribution in [0.2, 0.25) is 5.02 Å². The molecule has 0 heterocycles. The lowest BCUT2D eigenvalue weighted by atomic mass is 9.97. The Morgan fingerprint density at radius 1 is 1.07 bits per heavy atom. The number of carbonyl (C=O) groups is 1. The maximum atomic E-state index is 13.2. The summed E-state index contributed by atoms with van der Waals surface area (Å²) >= 11 is 6.09. The molecular weight excluding hydrogens is 377 g/mol. The number of ketones is 1. The molecule has 0 aliphatic heterocycles. The van der Waals surface area contributed by atoms with E-state index >= 15 is 0 Å². The molecule has 0 fully saturated rings. The molecule has 28 heavy (non-hydrogen) atoms. The van der Waals surface area contributed by atoms with Gasteiger partial charge in [0.1, 0.15) is 11.6 Å². The van der Waals surface area contributed by atoms with E-state index < -0.39 is 0 Å². The molecule has 1 atom stereocenters. The summed E-state index contributed by atoms with van der Waals surface area (Å²) in [6.07, 6.45) is 0.214. The van der Waals surface area contributed by atoms with Gasteiger partial charge in [0, 0.05) is 22.7 Å². The molecule has 0 saturated carbocycles. The molecule has 0 amide bonds. The Hall–Kier alpha value is -2.85. The zero-order valence-corrected chi connectivity index (χ0v) is 16.2. The van der Waals surface area contributed by atoms with Gasteiger partial charge in [0.15, 0.2) is 5.78 Å². The zero-order valence-electron chi connectivity index (χ0n) is 15.5. The Balaban J connectivity index is 1.84. The fourth-order valence-electron chi connectivity index (χ4n) is 2.93. The van der Waals surface area contributed by atoms with E-state index in [2.05, 4.69) is 5.32 Å². The van der Waals surface area contributed by atoms with Gasteiger partial charge >= 0.3 is 0 Å². The lowest BCUT2D eigenvalue weighted by molar-refractivity contribution is 0.0976. The average Bonchev–Trinajstić information content (AvgIpc) is 2.69. The Morgan fingerprint density at radius 2 is 1.79 bits per heavy atom. The second-order valence-electron chi connectivity index (χ2n) is 6.34. The van der Waals surface area contributed by atoms with E-state index in [0.717, 1.165) is 17.0 Å². The number of halogens is 2. The minimum atomic E-state index is -0.364. The highest BCUT2D eigenvalue weighted by Gasteiger charge is 2.18. The third kappa shape index (κ3) is 5.33. The van der Waals surface area contributed by atoms with Crippen molar-refractivity contribution in [1.29, 1.82) is 0 Å². The van der Waals surface area contributed by atoms with Crippen LogP contribution in [0, 0.1) is 5.82 Å². The second kappa shape index (κ2) is 9.38. The number of nitrogens with one attached hydrogen (secondary N) is 1. The van der Waals surface area contributed by atoms with Gasteiger partial charge < -0.3 is 10.1 Å². The molecule has 5 heteroatoms. The summed E-state index contributed by atoms with van der Waals surface area (Å²) < 4.78 is 18.7. The molecule has 144 valence electrons. The van der Waals surface area contributed by atoms with Crippen molar-refractivity contribution in [2.75, 3.05) is 11.9 Å². The van der Waals surface area contributed by atoms with Crippen LogP contribution in [0.1, 0.15) is 35.3 Å². The van der Waals surface area contributed by atoms with Crippen molar-refractivity contribution in [2.24, 2.45) is 0 Å². The van der Waals surface area contributed by atoms with Gasteiger partial charge in [0.05, 0.1) is 12.6 Å². The Kier molecular flexibility index (Phi) is 6.66. The lowest BCUT2D eigenvalue weighted by Gasteiger charge is -2.20. The van der Waals surface area contributed by atoms with Gasteiger partial charge in [-0.15, -0.1) is 0 Å². The van der Waals surface area contributed by atoms with Crippen LogP contribution in [0.15, 0.2) is 72.8 Å². The van der Waals surface area contributed by atoms with Crippen LogP contribution in [0.4, 0.5) is 10.1 Å². The monoisotopic (exact) mass is 397 g/mol. The highest BCUT2D eigenvalue weighted by molar-refractivity contribution is 6.30. The molecule has 0 aliphatic rings. The number of rotatable bonds is 8. The highest BCUT2D eigenvalue weighted by Crippen LogP contribution is 2.27. The molecular formula is C23H21ClFNO2. The summed E-state index contributed by atoms with van der Waals surface area (Å²) in [5, 5.41) is 3.99. The van der Waals surface area contributed by atoms with Gasteiger partial charge in [0.25, 0.3) is 0 Å². The largest absolute Gasteiger partial charge is 0.494 e. The first-order chi connectivity index (χ1) is 13.5. The molecule has 1 N–H and O–H groups in total. The van der Waals surface area contributed by atoms with Crippen LogP contribution < -0.4 is 10.1 Å². The van der Waals surface area contributed by atoms with Gasteiger partial charge in [-0.25, -0.2) is 4.39 Å². The zero-order chi connectivity index (χ0) is 19.9. The number of benzene rings is 3. The molecule has 3 aromatic rings. The standard InChI is InChI=1S/C23H21ClFNO2/c1-2-28-21-12-8-16(9-13-21)22(26-20-5-3-4-18(24)14-20)15-23(27)17-6-10-19(25)11-7-17/h3-14,22,26H,2,15H2,1H3. The van der Waals surface area contributed by atoms with Crippen LogP contribution in [0.3, 0.4) is 0 Å². The predicted octanol–water partition coefficient (Wildman–Crippen LogP) is 6.30. The van der Waals surface area contributed by atoms with E-state index in [4.69, 9.17) is 16.3 Å². The van der Waals surface area contributed by atoms with Crippen molar-refractivity contribution in [3.63, 3.8) is 0 Å². The van der Waals surface area contributed by atoms with Gasteiger partial charge in [-0.05, 0) is 67.1 Å². The topological polar surface area (TPSA) is 38.3 Å². The molecule has 3 rings (SSSR count). The number of hydrogen-bond donors (Lipinski definition) is 1. The Morgan fingerprint density at radius 3 is 2.43 bits per heavy atom.